The van der Waals surface area contributed by atoms with Crippen molar-refractivity contribution in [2.24, 2.45) is 0 Å². The average molecular weight is 366 g/mol. The van der Waals surface area contributed by atoms with Crippen LogP contribution in [0.1, 0.15) is 16.1 Å². The molecule has 1 aromatic heterocycles. The molecule has 0 saturated heterocycles. The topological polar surface area (TPSA) is 122 Å². The van der Waals surface area contributed by atoms with Gasteiger partial charge in [-0.25, -0.2) is 17.9 Å². The summed E-state index contributed by atoms with van der Waals surface area (Å²) in [7, 11) is -2.09. The van der Waals surface area contributed by atoms with Gasteiger partial charge >= 0.3 is 5.97 Å². The highest BCUT2D eigenvalue weighted by molar-refractivity contribution is 7.88. The number of hydrogen-bond donors (Lipinski definition) is 2. The van der Waals surface area contributed by atoms with Crippen LogP contribution in [0.2, 0.25) is 0 Å². The Morgan fingerprint density at radius 2 is 2.04 bits per heavy atom. The van der Waals surface area contributed by atoms with Crippen LogP contribution in [-0.2, 0) is 21.4 Å². The van der Waals surface area contributed by atoms with E-state index in [-0.39, 0.29) is 18.8 Å². The van der Waals surface area contributed by atoms with E-state index >= 15 is 0 Å². The van der Waals surface area contributed by atoms with Crippen LogP contribution in [0.25, 0.3) is 5.69 Å². The third-order valence-corrected chi connectivity index (χ3v) is 4.67. The number of rotatable bonds is 7. The van der Waals surface area contributed by atoms with Gasteiger partial charge in [0.15, 0.2) is 5.69 Å². The Hall–Kier alpha value is -2.72. The molecule has 2 aromatic rings. The summed E-state index contributed by atoms with van der Waals surface area (Å²) in [6.07, 6.45) is 2.56. The molecule has 0 aliphatic carbocycles. The lowest BCUT2D eigenvalue weighted by atomic mass is 10.2. The van der Waals surface area contributed by atoms with E-state index in [1.54, 1.807) is 24.3 Å². The molecule has 1 aromatic carbocycles. The van der Waals surface area contributed by atoms with E-state index < -0.39 is 21.9 Å². The van der Waals surface area contributed by atoms with Crippen molar-refractivity contribution in [3.63, 3.8) is 0 Å². The molecule has 0 bridgehead atoms. The zero-order chi connectivity index (χ0) is 18.6. The minimum absolute atomic E-state index is 0.0671. The van der Waals surface area contributed by atoms with Gasteiger partial charge < -0.3 is 10.4 Å². The first kappa shape index (κ1) is 18.6. The minimum Gasteiger partial charge on any atom is -0.476 e. The Kier molecular flexibility index (Phi) is 5.55. The number of sulfonamides is 1. The molecule has 1 heterocycles. The number of carbonyl (C=O) groups excluding carboxylic acids is 1. The van der Waals surface area contributed by atoms with Crippen molar-refractivity contribution in [1.29, 1.82) is 0 Å². The second-order valence-electron chi connectivity index (χ2n) is 5.42. The SMILES string of the molecule is CN(CC(=O)NCc1cccc(-n2ccc(C(=O)O)n2)c1)S(C)(=O)=O. The second-order valence-corrected chi connectivity index (χ2v) is 7.51. The molecular formula is C15H18N4O5S. The van der Waals surface area contributed by atoms with Crippen LogP contribution in [0.15, 0.2) is 36.5 Å². The van der Waals surface area contributed by atoms with Gasteiger partial charge in [0.2, 0.25) is 15.9 Å². The Labute approximate surface area is 144 Å². The number of amides is 1. The maximum atomic E-state index is 11.8. The Balaban J connectivity index is 2.02. The number of hydrogen-bond acceptors (Lipinski definition) is 5. The molecule has 0 saturated carbocycles. The number of aromatic carboxylic acids is 1. The number of nitrogens with zero attached hydrogens (tertiary/aromatic N) is 3. The highest BCUT2D eigenvalue weighted by Gasteiger charge is 2.15. The van der Waals surface area contributed by atoms with Crippen molar-refractivity contribution >= 4 is 21.9 Å². The zero-order valence-electron chi connectivity index (χ0n) is 13.7. The number of aromatic nitrogens is 2. The molecule has 0 aliphatic heterocycles. The summed E-state index contributed by atoms with van der Waals surface area (Å²) in [5.74, 6) is -1.54. The van der Waals surface area contributed by atoms with Gasteiger partial charge in [-0.1, -0.05) is 12.1 Å². The predicted octanol–water partition coefficient (Wildman–Crippen LogP) is 0.0781. The van der Waals surface area contributed by atoms with Gasteiger partial charge in [-0.3, -0.25) is 4.79 Å². The molecule has 0 radical (unpaired) electrons. The molecule has 10 heteroatoms. The Morgan fingerprint density at radius 1 is 1.32 bits per heavy atom. The number of carbonyl (C=O) groups is 2. The van der Waals surface area contributed by atoms with E-state index in [9.17, 15) is 18.0 Å². The fourth-order valence-corrected chi connectivity index (χ4v) is 2.32. The van der Waals surface area contributed by atoms with Gasteiger partial charge in [0, 0.05) is 19.8 Å². The lowest BCUT2D eigenvalue weighted by Gasteiger charge is -2.14. The van der Waals surface area contributed by atoms with Gasteiger partial charge in [-0.05, 0) is 23.8 Å². The summed E-state index contributed by atoms with van der Waals surface area (Å²) in [6, 6.07) is 8.42. The van der Waals surface area contributed by atoms with Crippen LogP contribution >= 0.6 is 0 Å². The standard InChI is InChI=1S/C15H18N4O5S/c1-18(25(2,23)24)10-14(20)16-9-11-4-3-5-12(8-11)19-7-6-13(17-19)15(21)22/h3-8H,9-10H2,1-2H3,(H,16,20)(H,21,22). The van der Waals surface area contributed by atoms with E-state index in [1.165, 1.54) is 24.0 Å². The smallest absolute Gasteiger partial charge is 0.356 e. The lowest BCUT2D eigenvalue weighted by molar-refractivity contribution is -0.121. The van der Waals surface area contributed by atoms with Crippen LogP contribution in [0, 0.1) is 0 Å². The molecule has 0 aliphatic rings. The molecule has 0 atom stereocenters. The van der Waals surface area contributed by atoms with Crippen molar-refractivity contribution in [3.8, 4) is 5.69 Å². The summed E-state index contributed by atoms with van der Waals surface area (Å²) in [6.45, 7) is -0.0585. The normalized spacial score (nSPS) is 11.5. The molecule has 2 N–H and O–H groups in total. The van der Waals surface area contributed by atoms with Crippen molar-refractivity contribution in [2.75, 3.05) is 19.8 Å². The first-order valence-electron chi connectivity index (χ1n) is 7.23. The summed E-state index contributed by atoms with van der Waals surface area (Å²) < 4.78 is 25.0. The summed E-state index contributed by atoms with van der Waals surface area (Å²) in [5.41, 5.74) is 1.34. The maximum Gasteiger partial charge on any atom is 0.356 e. The molecule has 1 amide bonds. The lowest BCUT2D eigenvalue weighted by Crippen LogP contribution is -2.37. The predicted molar refractivity (Wildman–Crippen MR) is 89.8 cm³/mol. The van der Waals surface area contributed by atoms with Crippen LogP contribution in [0.4, 0.5) is 0 Å². The first-order chi connectivity index (χ1) is 11.7. The van der Waals surface area contributed by atoms with E-state index in [4.69, 9.17) is 5.11 Å². The molecule has 9 nitrogen and oxygen atoms in total. The van der Waals surface area contributed by atoms with Crippen LogP contribution < -0.4 is 5.32 Å². The molecule has 0 fully saturated rings. The van der Waals surface area contributed by atoms with E-state index in [0.717, 1.165) is 16.1 Å². The van der Waals surface area contributed by atoms with Crippen molar-refractivity contribution in [3.05, 3.63) is 47.8 Å². The van der Waals surface area contributed by atoms with Crippen LogP contribution in [-0.4, -0.2) is 59.3 Å². The number of nitrogens with one attached hydrogen (secondary N) is 1. The largest absolute Gasteiger partial charge is 0.476 e. The van der Waals surface area contributed by atoms with Gasteiger partial charge in [0.1, 0.15) is 0 Å². The number of likely N-dealkylation sites (N-methyl/N-ethyl adjacent to an activating group) is 1. The van der Waals surface area contributed by atoms with Gasteiger partial charge in [-0.15, -0.1) is 0 Å². The minimum atomic E-state index is -3.42. The van der Waals surface area contributed by atoms with Gasteiger partial charge in [-0.2, -0.15) is 9.40 Å². The molecule has 25 heavy (non-hydrogen) atoms. The summed E-state index contributed by atoms with van der Waals surface area (Å²) in [4.78, 5) is 22.7. The fraction of sp³-hybridized carbons (Fsp3) is 0.267. The Bertz CT molecular complexity index is 891. The van der Waals surface area contributed by atoms with Crippen LogP contribution in [0.3, 0.4) is 0 Å². The number of benzene rings is 1. The highest BCUT2D eigenvalue weighted by Crippen LogP contribution is 2.11. The third-order valence-electron chi connectivity index (χ3n) is 3.41. The van der Waals surface area contributed by atoms with E-state index in [1.807, 2.05) is 0 Å². The second kappa shape index (κ2) is 7.45. The monoisotopic (exact) mass is 366 g/mol. The molecule has 134 valence electrons. The maximum absolute atomic E-state index is 11.8. The summed E-state index contributed by atoms with van der Waals surface area (Å²) in [5, 5.41) is 15.5. The quantitative estimate of drug-likeness (QED) is 0.716. The van der Waals surface area contributed by atoms with E-state index in [2.05, 4.69) is 10.4 Å². The van der Waals surface area contributed by atoms with Crippen LogP contribution in [0.5, 0.6) is 0 Å². The molecular weight excluding hydrogens is 348 g/mol. The average Bonchev–Trinajstić information content (AvgIpc) is 3.02. The van der Waals surface area contributed by atoms with Crippen molar-refractivity contribution in [2.45, 2.75) is 6.54 Å². The third kappa shape index (κ3) is 5.13. The van der Waals surface area contributed by atoms with Gasteiger partial charge in [0.25, 0.3) is 0 Å². The fourth-order valence-electron chi connectivity index (χ4n) is 1.97. The Morgan fingerprint density at radius 3 is 2.64 bits per heavy atom. The van der Waals surface area contributed by atoms with Crippen molar-refractivity contribution in [1.82, 2.24) is 19.4 Å². The van der Waals surface area contributed by atoms with Gasteiger partial charge in [0.05, 0.1) is 18.5 Å². The molecule has 0 unspecified atom stereocenters. The highest BCUT2D eigenvalue weighted by atomic mass is 32.2. The molecule has 2 rings (SSSR count). The van der Waals surface area contributed by atoms with E-state index in [0.29, 0.717) is 5.69 Å². The van der Waals surface area contributed by atoms with Crippen molar-refractivity contribution < 1.29 is 23.1 Å². The summed E-state index contributed by atoms with van der Waals surface area (Å²) >= 11 is 0. The number of carboxylic acid groups (broad SMARTS) is 1. The zero-order valence-corrected chi connectivity index (χ0v) is 14.5. The molecule has 0 spiro atoms. The first-order valence-corrected chi connectivity index (χ1v) is 9.08. The number of carboxylic acids is 1.